The van der Waals surface area contributed by atoms with Crippen LogP contribution in [0.2, 0.25) is 0 Å². The molecule has 0 aromatic heterocycles. The second-order valence-electron chi connectivity index (χ2n) is 10.0. The molecule has 36 heavy (non-hydrogen) atoms. The van der Waals surface area contributed by atoms with E-state index in [0.29, 0.717) is 28.8 Å². The third kappa shape index (κ3) is 6.35. The van der Waals surface area contributed by atoms with E-state index in [4.69, 9.17) is 0 Å². The maximum Gasteiger partial charge on any atom is 0.417 e. The van der Waals surface area contributed by atoms with E-state index in [9.17, 15) is 26.4 Å². The number of benzene rings is 3. The maximum atomic E-state index is 13.5. The first-order valence-electron chi connectivity index (χ1n) is 11.6. The lowest BCUT2D eigenvalue weighted by Crippen LogP contribution is -2.21. The van der Waals surface area contributed by atoms with Gasteiger partial charge in [-0.05, 0) is 77.4 Å². The smallest absolute Gasteiger partial charge is 0.322 e. The number of nitrogens with one attached hydrogen (secondary N) is 1. The summed E-state index contributed by atoms with van der Waals surface area (Å²) in [4.78, 5) is 13.1. The maximum absolute atomic E-state index is 13.5. The van der Waals surface area contributed by atoms with Gasteiger partial charge in [0.1, 0.15) is 0 Å². The fraction of sp³-hybridized carbons (Fsp3) is 0.321. The molecule has 0 fully saturated rings. The van der Waals surface area contributed by atoms with E-state index in [1.807, 2.05) is 27.7 Å². The molecule has 0 saturated carbocycles. The fourth-order valence-electron chi connectivity index (χ4n) is 4.18. The Kier molecular flexibility index (Phi) is 7.69. The van der Waals surface area contributed by atoms with Crippen LogP contribution in [0.5, 0.6) is 0 Å². The van der Waals surface area contributed by atoms with Gasteiger partial charge in [-0.15, -0.1) is 0 Å². The third-order valence-corrected chi connectivity index (χ3v) is 8.04. The van der Waals surface area contributed by atoms with Gasteiger partial charge in [-0.25, -0.2) is 8.42 Å². The molecule has 8 heteroatoms. The summed E-state index contributed by atoms with van der Waals surface area (Å²) in [5, 5.41) is 2.77. The number of alkyl halides is 3. The average Bonchev–Trinajstić information content (AvgIpc) is 2.76. The molecule has 0 radical (unpaired) electrons. The lowest BCUT2D eigenvalue weighted by atomic mass is 9.93. The minimum atomic E-state index is -4.49. The standard InChI is InChI=1S/C28H30F3NO3S/c1-6-19-16-21(12-13-22(19)23-9-7-8-10-24(23)28(29,30)31)32-26(33)20-11-14-25(18(2)15-20)36(34,35)17-27(3,4)5/h7-16H,6,17H2,1-5H3,(H,32,33). The van der Waals surface area contributed by atoms with Crippen LogP contribution >= 0.6 is 0 Å². The quantitative estimate of drug-likeness (QED) is 0.373. The van der Waals surface area contributed by atoms with E-state index in [1.165, 1.54) is 30.3 Å². The average molecular weight is 518 g/mol. The van der Waals surface area contributed by atoms with Crippen molar-refractivity contribution in [3.63, 3.8) is 0 Å². The van der Waals surface area contributed by atoms with E-state index < -0.39 is 32.9 Å². The minimum absolute atomic E-state index is 0.0179. The van der Waals surface area contributed by atoms with Crippen molar-refractivity contribution >= 4 is 21.4 Å². The lowest BCUT2D eigenvalue weighted by Gasteiger charge is -2.19. The van der Waals surface area contributed by atoms with Crippen molar-refractivity contribution in [3.8, 4) is 11.1 Å². The molecule has 4 nitrogen and oxygen atoms in total. The second kappa shape index (κ2) is 10.1. The Morgan fingerprint density at radius 1 is 0.917 bits per heavy atom. The minimum Gasteiger partial charge on any atom is -0.322 e. The summed E-state index contributed by atoms with van der Waals surface area (Å²) in [7, 11) is -3.52. The molecule has 1 amide bonds. The molecular formula is C28H30F3NO3S. The molecular weight excluding hydrogens is 487 g/mol. The molecule has 0 heterocycles. The number of amides is 1. The van der Waals surface area contributed by atoms with E-state index >= 15 is 0 Å². The zero-order valence-electron chi connectivity index (χ0n) is 21.0. The molecule has 0 aliphatic carbocycles. The number of carbonyl (C=O) groups excluding carboxylic acids is 1. The van der Waals surface area contributed by atoms with Crippen LogP contribution in [0.15, 0.2) is 65.6 Å². The van der Waals surface area contributed by atoms with Gasteiger partial charge >= 0.3 is 6.18 Å². The van der Waals surface area contributed by atoms with Crippen LogP contribution in [0.25, 0.3) is 11.1 Å². The molecule has 0 atom stereocenters. The fourth-order valence-corrected chi connectivity index (χ4v) is 6.30. The largest absolute Gasteiger partial charge is 0.417 e. The van der Waals surface area contributed by atoms with Crippen molar-refractivity contribution < 1.29 is 26.4 Å². The number of sulfone groups is 1. The Balaban J connectivity index is 1.88. The zero-order valence-corrected chi connectivity index (χ0v) is 21.8. The molecule has 3 rings (SSSR count). The highest BCUT2D eigenvalue weighted by molar-refractivity contribution is 7.91. The second-order valence-corrected chi connectivity index (χ2v) is 12.0. The summed E-state index contributed by atoms with van der Waals surface area (Å²) < 4.78 is 66.1. The van der Waals surface area contributed by atoms with Crippen LogP contribution in [-0.4, -0.2) is 20.1 Å². The molecule has 0 aliphatic rings. The van der Waals surface area contributed by atoms with Crippen LogP contribution < -0.4 is 5.32 Å². The van der Waals surface area contributed by atoms with Crippen molar-refractivity contribution in [1.29, 1.82) is 0 Å². The summed E-state index contributed by atoms with van der Waals surface area (Å²) in [5.74, 6) is -0.459. The molecule has 3 aromatic carbocycles. The van der Waals surface area contributed by atoms with Crippen molar-refractivity contribution in [2.75, 3.05) is 11.1 Å². The monoisotopic (exact) mass is 517 g/mol. The number of rotatable bonds is 6. The number of hydrogen-bond donors (Lipinski definition) is 1. The topological polar surface area (TPSA) is 63.2 Å². The van der Waals surface area contributed by atoms with Crippen molar-refractivity contribution in [1.82, 2.24) is 0 Å². The molecule has 3 aromatic rings. The van der Waals surface area contributed by atoms with Crippen LogP contribution in [-0.2, 0) is 22.4 Å². The van der Waals surface area contributed by atoms with Gasteiger partial charge in [-0.2, -0.15) is 13.2 Å². The Hall–Kier alpha value is -3.13. The Morgan fingerprint density at radius 3 is 2.17 bits per heavy atom. The Bertz CT molecular complexity index is 1390. The van der Waals surface area contributed by atoms with Gasteiger partial charge in [-0.1, -0.05) is 52.0 Å². The first-order valence-corrected chi connectivity index (χ1v) is 13.2. The number of hydrogen-bond acceptors (Lipinski definition) is 3. The summed E-state index contributed by atoms with van der Waals surface area (Å²) in [6.45, 7) is 9.02. The van der Waals surface area contributed by atoms with Crippen LogP contribution in [0.3, 0.4) is 0 Å². The third-order valence-electron chi connectivity index (χ3n) is 5.66. The molecule has 0 saturated heterocycles. The number of anilines is 1. The van der Waals surface area contributed by atoms with Crippen LogP contribution in [0, 0.1) is 12.3 Å². The van der Waals surface area contributed by atoms with Crippen LogP contribution in [0.1, 0.15) is 54.7 Å². The highest BCUT2D eigenvalue weighted by atomic mass is 32.2. The molecule has 0 aliphatic heterocycles. The van der Waals surface area contributed by atoms with Gasteiger partial charge in [0, 0.05) is 11.3 Å². The predicted octanol–water partition coefficient (Wildman–Crippen LogP) is 7.32. The molecule has 0 bridgehead atoms. The Morgan fingerprint density at radius 2 is 1.58 bits per heavy atom. The first-order chi connectivity index (χ1) is 16.6. The SMILES string of the molecule is CCc1cc(NC(=O)c2ccc(S(=O)(=O)CC(C)(C)C)c(C)c2)ccc1-c1ccccc1C(F)(F)F. The molecule has 0 unspecified atom stereocenters. The van der Waals surface area contributed by atoms with Crippen molar-refractivity contribution in [3.05, 3.63) is 82.9 Å². The number of aryl methyl sites for hydroxylation is 2. The molecule has 1 N–H and O–H groups in total. The Labute approximate surface area is 210 Å². The van der Waals surface area contributed by atoms with Gasteiger partial charge in [-0.3, -0.25) is 4.79 Å². The summed E-state index contributed by atoms with van der Waals surface area (Å²) in [6, 6.07) is 14.6. The van der Waals surface area contributed by atoms with Crippen LogP contribution in [0.4, 0.5) is 18.9 Å². The van der Waals surface area contributed by atoms with E-state index in [0.717, 1.165) is 6.07 Å². The number of halogens is 3. The lowest BCUT2D eigenvalue weighted by molar-refractivity contribution is -0.137. The van der Waals surface area contributed by atoms with E-state index in [1.54, 1.807) is 31.2 Å². The highest BCUT2D eigenvalue weighted by Crippen LogP contribution is 2.39. The molecule has 0 spiro atoms. The normalized spacial score (nSPS) is 12.4. The van der Waals surface area contributed by atoms with Gasteiger partial charge in [0.15, 0.2) is 9.84 Å². The van der Waals surface area contributed by atoms with Crippen molar-refractivity contribution in [2.24, 2.45) is 5.41 Å². The van der Waals surface area contributed by atoms with Gasteiger partial charge in [0.05, 0.1) is 16.2 Å². The molecule has 192 valence electrons. The summed E-state index contributed by atoms with van der Waals surface area (Å²) >= 11 is 0. The van der Waals surface area contributed by atoms with Gasteiger partial charge < -0.3 is 5.32 Å². The number of carbonyl (C=O) groups is 1. The predicted molar refractivity (Wildman–Crippen MR) is 137 cm³/mol. The van der Waals surface area contributed by atoms with E-state index in [2.05, 4.69) is 5.32 Å². The van der Waals surface area contributed by atoms with Crippen molar-refractivity contribution in [2.45, 2.75) is 52.1 Å². The summed E-state index contributed by atoms with van der Waals surface area (Å²) in [5.41, 5.74) is 1.26. The first kappa shape index (κ1) is 27.5. The highest BCUT2D eigenvalue weighted by Gasteiger charge is 2.33. The van der Waals surface area contributed by atoms with E-state index in [-0.39, 0.29) is 21.8 Å². The van der Waals surface area contributed by atoms with Gasteiger partial charge in [0.2, 0.25) is 0 Å². The summed E-state index contributed by atoms with van der Waals surface area (Å²) in [6.07, 6.45) is -4.02. The van der Waals surface area contributed by atoms with Gasteiger partial charge in [0.25, 0.3) is 5.91 Å². The zero-order chi connectivity index (χ0) is 26.9.